The quantitative estimate of drug-likeness (QED) is 0.187. The van der Waals surface area contributed by atoms with E-state index in [1.165, 1.54) is 0 Å². The van der Waals surface area contributed by atoms with Crippen LogP contribution in [0.4, 0.5) is 0 Å². The van der Waals surface area contributed by atoms with Crippen LogP contribution in [-0.4, -0.2) is 54.8 Å². The van der Waals surface area contributed by atoms with Gasteiger partial charge in [-0.2, -0.15) is 0 Å². The highest BCUT2D eigenvalue weighted by Crippen LogP contribution is 2.29. The lowest BCUT2D eigenvalue weighted by Crippen LogP contribution is -2.61. The van der Waals surface area contributed by atoms with Crippen LogP contribution in [0.5, 0.6) is 0 Å². The van der Waals surface area contributed by atoms with Gasteiger partial charge in [-0.15, -0.1) is 0 Å². The van der Waals surface area contributed by atoms with Crippen molar-refractivity contribution in [2.75, 3.05) is 14.1 Å². The minimum atomic E-state index is -0.787. The summed E-state index contributed by atoms with van der Waals surface area (Å²) in [5, 5.41) is 9.30. The molecule has 0 heterocycles. The Balaban J connectivity index is 1.73. The first-order chi connectivity index (χ1) is 22.1. The van der Waals surface area contributed by atoms with Crippen LogP contribution in [0, 0.1) is 11.3 Å². The van der Waals surface area contributed by atoms with Crippen LogP contribution < -0.4 is 16.0 Å². The van der Waals surface area contributed by atoms with E-state index in [4.69, 9.17) is 0 Å². The number of likely N-dealkylation sites (N-methyl/N-ethyl adjacent to an activating group) is 2. The van der Waals surface area contributed by atoms with E-state index in [-0.39, 0.29) is 29.7 Å². The van der Waals surface area contributed by atoms with Gasteiger partial charge in [0.25, 0.3) is 0 Å². The van der Waals surface area contributed by atoms with E-state index < -0.39 is 22.9 Å². The molecule has 3 aromatic carbocycles. The van der Waals surface area contributed by atoms with Crippen molar-refractivity contribution in [2.45, 2.75) is 85.5 Å². The topological polar surface area (TPSA) is 90.5 Å². The maximum absolute atomic E-state index is 14.2. The summed E-state index contributed by atoms with van der Waals surface area (Å²) in [6.45, 7) is 16.1. The molecular formula is C40H54N4O3. The molecule has 3 aromatic rings. The van der Waals surface area contributed by atoms with Gasteiger partial charge < -0.3 is 20.9 Å². The van der Waals surface area contributed by atoms with E-state index in [1.807, 2.05) is 115 Å². The van der Waals surface area contributed by atoms with Gasteiger partial charge >= 0.3 is 0 Å². The van der Waals surface area contributed by atoms with Gasteiger partial charge in [0.2, 0.25) is 17.7 Å². The van der Waals surface area contributed by atoms with Gasteiger partial charge in [-0.25, -0.2) is 0 Å². The lowest BCUT2D eigenvalue weighted by Gasteiger charge is -2.40. The average molecular weight is 639 g/mol. The number of carbonyl (C=O) groups is 3. The number of nitrogens with zero attached hydrogens (tertiary/aromatic N) is 1. The fraction of sp³-hybridized carbons (Fsp3) is 0.425. The second kappa shape index (κ2) is 16.1. The summed E-state index contributed by atoms with van der Waals surface area (Å²) in [6.07, 6.45) is 1.85. The highest BCUT2D eigenvalue weighted by atomic mass is 16.2. The standard InChI is InChI=1S/C40H54N4O3/c1-27(2)33(25-28(3)36(45)42-26-29-21-23-31(24-22-29)30-17-13-11-14-18-30)44(10)38(47)35(39(4,5)6)43-37(46)34(41-9)40(7,8)32-19-15-12-16-20-32/h11-25,27,33-35,41H,26H2,1-10H3,(H,42,45)(H,43,46)/b28-25+/t33-,34-,35-/m1/s1. The van der Waals surface area contributed by atoms with Gasteiger partial charge in [0, 0.05) is 24.6 Å². The Hall–Kier alpha value is -4.23. The van der Waals surface area contributed by atoms with Crippen molar-refractivity contribution in [3.05, 3.63) is 108 Å². The summed E-state index contributed by atoms with van der Waals surface area (Å²) < 4.78 is 0. The number of rotatable bonds is 13. The van der Waals surface area contributed by atoms with Gasteiger partial charge in [-0.05, 0) is 47.6 Å². The number of amides is 3. The molecule has 3 amide bonds. The van der Waals surface area contributed by atoms with Crippen molar-refractivity contribution in [1.29, 1.82) is 0 Å². The Bertz CT molecular complexity index is 1510. The van der Waals surface area contributed by atoms with Gasteiger partial charge in [0.1, 0.15) is 6.04 Å². The molecule has 0 fully saturated rings. The van der Waals surface area contributed by atoms with E-state index in [0.717, 1.165) is 22.3 Å². The summed E-state index contributed by atoms with van der Waals surface area (Å²) in [7, 11) is 3.51. The highest BCUT2D eigenvalue weighted by Gasteiger charge is 2.41. The van der Waals surface area contributed by atoms with Crippen LogP contribution in [0.1, 0.15) is 66.5 Å². The number of nitrogens with one attached hydrogen (secondary N) is 3. The molecule has 7 heteroatoms. The molecule has 0 bridgehead atoms. The van der Waals surface area contributed by atoms with Crippen LogP contribution in [-0.2, 0) is 26.3 Å². The Morgan fingerprint density at radius 2 is 1.32 bits per heavy atom. The molecular weight excluding hydrogens is 584 g/mol. The first-order valence-corrected chi connectivity index (χ1v) is 16.5. The van der Waals surface area contributed by atoms with Crippen LogP contribution in [0.15, 0.2) is 96.6 Å². The van der Waals surface area contributed by atoms with Gasteiger partial charge in [0.15, 0.2) is 0 Å². The second-order valence-electron chi connectivity index (χ2n) is 14.4. The smallest absolute Gasteiger partial charge is 0.246 e. The molecule has 0 aliphatic heterocycles. The van der Waals surface area contributed by atoms with Gasteiger partial charge in [0.05, 0.1) is 12.1 Å². The summed E-state index contributed by atoms with van der Waals surface area (Å²) in [4.78, 5) is 42.8. The first kappa shape index (κ1) is 37.2. The molecule has 0 saturated heterocycles. The van der Waals surface area contributed by atoms with Gasteiger partial charge in [-0.3, -0.25) is 14.4 Å². The monoisotopic (exact) mass is 638 g/mol. The summed E-state index contributed by atoms with van der Waals surface area (Å²) in [5.41, 5.74) is 3.71. The molecule has 3 N–H and O–H groups in total. The summed E-state index contributed by atoms with van der Waals surface area (Å²) in [6, 6.07) is 26.5. The maximum Gasteiger partial charge on any atom is 0.246 e. The van der Waals surface area contributed by atoms with Crippen molar-refractivity contribution in [2.24, 2.45) is 11.3 Å². The SMILES string of the molecule is CN[C@H](C(=O)N[C@H](C(=O)N(C)[C@H](/C=C(\C)C(=O)NCc1ccc(-c2ccccc2)cc1)C(C)C)C(C)(C)C)C(C)(C)c1ccccc1. The van der Waals surface area contributed by atoms with Gasteiger partial charge in [-0.1, -0.05) is 139 Å². The molecule has 0 aliphatic carbocycles. The summed E-state index contributed by atoms with van der Waals surface area (Å²) >= 11 is 0. The molecule has 0 radical (unpaired) electrons. The van der Waals surface area contributed by atoms with E-state index in [2.05, 4.69) is 40.2 Å². The molecule has 3 atom stereocenters. The molecule has 7 nitrogen and oxygen atoms in total. The molecule has 0 aliphatic rings. The van der Waals surface area contributed by atoms with Crippen LogP contribution in [0.25, 0.3) is 11.1 Å². The predicted molar refractivity (Wildman–Crippen MR) is 193 cm³/mol. The zero-order valence-corrected chi connectivity index (χ0v) is 29.8. The maximum atomic E-state index is 14.2. The zero-order valence-electron chi connectivity index (χ0n) is 29.8. The third-order valence-electron chi connectivity index (χ3n) is 8.96. The van der Waals surface area contributed by atoms with Crippen molar-refractivity contribution >= 4 is 17.7 Å². The number of benzene rings is 3. The summed E-state index contributed by atoms with van der Waals surface area (Å²) in [5.74, 6) is -0.619. The third-order valence-corrected chi connectivity index (χ3v) is 8.96. The van der Waals surface area contributed by atoms with E-state index in [9.17, 15) is 14.4 Å². The Labute approximate surface area is 282 Å². The fourth-order valence-corrected chi connectivity index (χ4v) is 5.93. The number of carbonyl (C=O) groups excluding carboxylic acids is 3. The molecule has 0 aromatic heterocycles. The fourth-order valence-electron chi connectivity index (χ4n) is 5.93. The Morgan fingerprint density at radius 1 is 0.787 bits per heavy atom. The average Bonchev–Trinajstić information content (AvgIpc) is 3.04. The molecule has 3 rings (SSSR count). The van der Waals surface area contributed by atoms with Crippen molar-refractivity contribution in [3.8, 4) is 11.1 Å². The van der Waals surface area contributed by atoms with Crippen molar-refractivity contribution < 1.29 is 14.4 Å². The van der Waals surface area contributed by atoms with Crippen LogP contribution >= 0.6 is 0 Å². The van der Waals surface area contributed by atoms with Crippen LogP contribution in [0.3, 0.4) is 0 Å². The second-order valence-corrected chi connectivity index (χ2v) is 14.4. The Kier molecular flexibility index (Phi) is 12.7. The zero-order chi connectivity index (χ0) is 34.9. The Morgan fingerprint density at radius 3 is 1.83 bits per heavy atom. The highest BCUT2D eigenvalue weighted by molar-refractivity contribution is 5.93. The normalized spacial score (nSPS) is 14.2. The van der Waals surface area contributed by atoms with E-state index in [1.54, 1.807) is 25.9 Å². The molecule has 0 saturated carbocycles. The third kappa shape index (κ3) is 9.64. The van der Waals surface area contributed by atoms with E-state index in [0.29, 0.717) is 12.1 Å². The largest absolute Gasteiger partial charge is 0.348 e. The molecule has 0 spiro atoms. The van der Waals surface area contributed by atoms with Crippen molar-refractivity contribution in [3.63, 3.8) is 0 Å². The molecule has 0 unspecified atom stereocenters. The minimum absolute atomic E-state index is 0.0237. The van der Waals surface area contributed by atoms with Crippen LogP contribution in [0.2, 0.25) is 0 Å². The lowest BCUT2D eigenvalue weighted by atomic mass is 9.76. The predicted octanol–water partition coefficient (Wildman–Crippen LogP) is 6.50. The minimum Gasteiger partial charge on any atom is -0.348 e. The number of hydrogen-bond donors (Lipinski definition) is 3. The first-order valence-electron chi connectivity index (χ1n) is 16.5. The molecule has 252 valence electrons. The van der Waals surface area contributed by atoms with Crippen molar-refractivity contribution in [1.82, 2.24) is 20.9 Å². The lowest BCUT2D eigenvalue weighted by molar-refractivity contribution is -0.140. The molecule has 47 heavy (non-hydrogen) atoms. The van der Waals surface area contributed by atoms with E-state index >= 15 is 0 Å². The number of hydrogen-bond acceptors (Lipinski definition) is 4.